The van der Waals surface area contributed by atoms with Crippen LogP contribution in [0, 0.1) is 0 Å². The first kappa shape index (κ1) is 14.8. The number of nitrogens with zero attached hydrogens (tertiary/aromatic N) is 1. The van der Waals surface area contributed by atoms with Gasteiger partial charge in [0.05, 0.1) is 20.0 Å². The van der Waals surface area contributed by atoms with Gasteiger partial charge in [-0.15, -0.1) is 11.3 Å². The molecule has 0 aliphatic heterocycles. The molecule has 0 radical (unpaired) electrons. The van der Waals surface area contributed by atoms with E-state index in [0.717, 1.165) is 15.1 Å². The summed E-state index contributed by atoms with van der Waals surface area (Å²) in [4.78, 5) is 4.18. The minimum atomic E-state index is -3.63. The van der Waals surface area contributed by atoms with Crippen molar-refractivity contribution in [3.63, 3.8) is 0 Å². The van der Waals surface area contributed by atoms with Gasteiger partial charge in [0.15, 0.2) is 0 Å². The van der Waals surface area contributed by atoms with Gasteiger partial charge in [0.25, 0.3) is 10.0 Å². The molecule has 0 aliphatic carbocycles. The maximum absolute atomic E-state index is 12.4. The number of sulfonamides is 1. The van der Waals surface area contributed by atoms with Gasteiger partial charge in [0, 0.05) is 11.6 Å². The number of fused-ring (bicyclic) bond motifs is 1. The van der Waals surface area contributed by atoms with Crippen LogP contribution in [0.1, 0.15) is 0 Å². The molecule has 108 valence electrons. The molecule has 1 N–H and O–H groups in total. The van der Waals surface area contributed by atoms with Crippen LogP contribution in [0.15, 0.2) is 50.6 Å². The van der Waals surface area contributed by atoms with Gasteiger partial charge < -0.3 is 0 Å². The molecule has 0 amide bonds. The summed E-state index contributed by atoms with van der Waals surface area (Å²) < 4.78 is 28.3. The highest BCUT2D eigenvalue weighted by molar-refractivity contribution is 9.11. The third-order valence-corrected chi connectivity index (χ3v) is 6.56. The molecule has 3 aromatic rings. The lowest BCUT2D eigenvalue weighted by Gasteiger charge is -2.10. The van der Waals surface area contributed by atoms with Gasteiger partial charge in [0.1, 0.15) is 4.21 Å². The molecule has 0 atom stereocenters. The maximum atomic E-state index is 12.4. The van der Waals surface area contributed by atoms with Crippen molar-refractivity contribution in [3.8, 4) is 0 Å². The van der Waals surface area contributed by atoms with E-state index in [9.17, 15) is 8.42 Å². The molecule has 3 rings (SSSR count). The Morgan fingerprint density at radius 3 is 2.71 bits per heavy atom. The van der Waals surface area contributed by atoms with Crippen LogP contribution in [0.4, 0.5) is 5.69 Å². The largest absolute Gasteiger partial charge is 0.278 e. The van der Waals surface area contributed by atoms with Crippen LogP contribution in [0.25, 0.3) is 10.9 Å². The topological polar surface area (TPSA) is 59.1 Å². The Morgan fingerprint density at radius 1 is 1.19 bits per heavy atom. The van der Waals surface area contributed by atoms with E-state index in [0.29, 0.717) is 21.6 Å². The number of aromatic nitrogens is 1. The Bertz CT molecular complexity index is 925. The Labute approximate surface area is 139 Å². The molecule has 0 unspecified atom stereocenters. The molecule has 2 heterocycles. The van der Waals surface area contributed by atoms with E-state index in [1.165, 1.54) is 0 Å². The van der Waals surface area contributed by atoms with Gasteiger partial charge in [-0.2, -0.15) is 0 Å². The van der Waals surface area contributed by atoms with Crippen molar-refractivity contribution < 1.29 is 8.42 Å². The second-order valence-electron chi connectivity index (χ2n) is 4.16. The zero-order valence-electron chi connectivity index (χ0n) is 10.4. The SMILES string of the molecule is O=S(=O)(Nc1ccc(Cl)c2ncccc12)c1ccc(Br)s1. The molecule has 0 fully saturated rings. The number of hydrogen-bond donors (Lipinski definition) is 1. The molecule has 0 saturated heterocycles. The summed E-state index contributed by atoms with van der Waals surface area (Å²) in [6, 6.07) is 10.0. The number of hydrogen-bond acceptors (Lipinski definition) is 4. The summed E-state index contributed by atoms with van der Waals surface area (Å²) in [6.07, 6.45) is 1.61. The van der Waals surface area contributed by atoms with Crippen molar-refractivity contribution in [2.75, 3.05) is 4.72 Å². The number of anilines is 1. The smallest absolute Gasteiger partial charge is 0.271 e. The van der Waals surface area contributed by atoms with Gasteiger partial charge in [-0.3, -0.25) is 9.71 Å². The number of nitrogens with one attached hydrogen (secondary N) is 1. The van der Waals surface area contributed by atoms with Gasteiger partial charge in [0.2, 0.25) is 0 Å². The van der Waals surface area contributed by atoms with E-state index < -0.39 is 10.0 Å². The van der Waals surface area contributed by atoms with E-state index in [4.69, 9.17) is 11.6 Å². The van der Waals surface area contributed by atoms with Crippen LogP contribution in [-0.4, -0.2) is 13.4 Å². The molecule has 8 heteroatoms. The molecule has 2 aromatic heterocycles. The first-order chi connectivity index (χ1) is 9.97. The monoisotopic (exact) mass is 402 g/mol. The van der Waals surface area contributed by atoms with Crippen molar-refractivity contribution in [1.82, 2.24) is 4.98 Å². The molecule has 0 aliphatic rings. The number of pyridine rings is 1. The highest BCUT2D eigenvalue weighted by Gasteiger charge is 2.18. The predicted molar refractivity (Wildman–Crippen MR) is 89.6 cm³/mol. The summed E-state index contributed by atoms with van der Waals surface area (Å²) in [5, 5.41) is 1.14. The third-order valence-electron chi connectivity index (χ3n) is 2.78. The van der Waals surface area contributed by atoms with E-state index in [1.54, 1.807) is 42.6 Å². The van der Waals surface area contributed by atoms with Crippen LogP contribution < -0.4 is 4.72 Å². The number of halogens is 2. The van der Waals surface area contributed by atoms with Crippen molar-refractivity contribution in [2.45, 2.75) is 4.21 Å². The minimum Gasteiger partial charge on any atom is -0.278 e. The fraction of sp³-hybridized carbons (Fsp3) is 0. The van der Waals surface area contributed by atoms with Crippen LogP contribution in [0.5, 0.6) is 0 Å². The second kappa shape index (κ2) is 5.57. The number of thiophene rings is 1. The van der Waals surface area contributed by atoms with Gasteiger partial charge in [-0.1, -0.05) is 11.6 Å². The summed E-state index contributed by atoms with van der Waals surface area (Å²) >= 11 is 10.5. The van der Waals surface area contributed by atoms with Crippen molar-refractivity contribution in [1.29, 1.82) is 0 Å². The highest BCUT2D eigenvalue weighted by Crippen LogP contribution is 2.32. The lowest BCUT2D eigenvalue weighted by Crippen LogP contribution is -2.11. The summed E-state index contributed by atoms with van der Waals surface area (Å²) in [5.41, 5.74) is 1.01. The lowest BCUT2D eigenvalue weighted by atomic mass is 10.2. The van der Waals surface area contributed by atoms with Gasteiger partial charge in [-0.25, -0.2) is 8.42 Å². The predicted octanol–water partition coefficient (Wildman–Crippen LogP) is 4.51. The summed E-state index contributed by atoms with van der Waals surface area (Å²) in [7, 11) is -3.63. The van der Waals surface area contributed by atoms with Gasteiger partial charge in [-0.05, 0) is 52.3 Å². The average molecular weight is 404 g/mol. The normalized spacial score (nSPS) is 11.7. The fourth-order valence-corrected chi connectivity index (χ4v) is 5.17. The Balaban J connectivity index is 2.08. The van der Waals surface area contributed by atoms with Gasteiger partial charge >= 0.3 is 0 Å². The van der Waals surface area contributed by atoms with Crippen LogP contribution in [-0.2, 0) is 10.0 Å². The Hall–Kier alpha value is -1.15. The van der Waals surface area contributed by atoms with Crippen LogP contribution >= 0.6 is 38.9 Å². The fourth-order valence-electron chi connectivity index (χ4n) is 1.86. The quantitative estimate of drug-likeness (QED) is 0.700. The van der Waals surface area contributed by atoms with E-state index in [-0.39, 0.29) is 4.21 Å². The van der Waals surface area contributed by atoms with E-state index >= 15 is 0 Å². The first-order valence-corrected chi connectivity index (χ1v) is 9.26. The molecule has 0 spiro atoms. The molecular formula is C13H8BrClN2O2S2. The number of benzene rings is 1. The average Bonchev–Trinajstić information content (AvgIpc) is 2.90. The Morgan fingerprint density at radius 2 is 2.00 bits per heavy atom. The number of rotatable bonds is 3. The van der Waals surface area contributed by atoms with E-state index in [2.05, 4.69) is 25.6 Å². The van der Waals surface area contributed by atoms with Crippen LogP contribution in [0.2, 0.25) is 5.02 Å². The zero-order chi connectivity index (χ0) is 15.0. The highest BCUT2D eigenvalue weighted by atomic mass is 79.9. The minimum absolute atomic E-state index is 0.237. The molecule has 0 bridgehead atoms. The third kappa shape index (κ3) is 2.91. The summed E-state index contributed by atoms with van der Waals surface area (Å²) in [5.74, 6) is 0. The van der Waals surface area contributed by atoms with Crippen molar-refractivity contribution >= 4 is 65.5 Å². The van der Waals surface area contributed by atoms with Crippen LogP contribution in [0.3, 0.4) is 0 Å². The Kier molecular flexibility index (Phi) is 3.92. The van der Waals surface area contributed by atoms with Crippen molar-refractivity contribution in [3.05, 3.63) is 51.4 Å². The lowest BCUT2D eigenvalue weighted by molar-refractivity contribution is 0.603. The molecule has 0 saturated carbocycles. The molecule has 4 nitrogen and oxygen atoms in total. The molecular weight excluding hydrogens is 396 g/mol. The molecule has 21 heavy (non-hydrogen) atoms. The van der Waals surface area contributed by atoms with E-state index in [1.807, 2.05) is 0 Å². The standard InChI is InChI=1S/C13H8BrClN2O2S2/c14-11-5-6-12(20-11)21(18,19)17-10-4-3-9(15)13-8(10)2-1-7-16-13/h1-7,17H. The molecule has 1 aromatic carbocycles. The first-order valence-electron chi connectivity index (χ1n) is 5.79. The maximum Gasteiger partial charge on any atom is 0.271 e. The van der Waals surface area contributed by atoms with Crippen molar-refractivity contribution in [2.24, 2.45) is 0 Å². The zero-order valence-corrected chi connectivity index (χ0v) is 14.4. The summed E-state index contributed by atoms with van der Waals surface area (Å²) in [6.45, 7) is 0. The second-order valence-corrected chi connectivity index (χ2v) is 8.94.